The Kier molecular flexibility index (Phi) is 4.60. The van der Waals surface area contributed by atoms with Crippen LogP contribution in [0.25, 0.3) is 11.0 Å². The van der Waals surface area contributed by atoms with Crippen molar-refractivity contribution in [2.75, 3.05) is 0 Å². The first kappa shape index (κ1) is 21.8. The lowest BCUT2D eigenvalue weighted by Gasteiger charge is -2.31. The molecule has 1 N–H and O–H groups in total. The van der Waals surface area contributed by atoms with Gasteiger partial charge < -0.3 is 5.11 Å². The number of nitriles is 1. The summed E-state index contributed by atoms with van der Waals surface area (Å²) in [6.07, 6.45) is -8.01. The van der Waals surface area contributed by atoms with Crippen molar-refractivity contribution in [3.05, 3.63) is 51.5 Å². The summed E-state index contributed by atoms with van der Waals surface area (Å²) in [5.41, 5.74) is -10.8. The molecule has 1 saturated carbocycles. The predicted molar refractivity (Wildman–Crippen MR) is 94.0 cm³/mol. The molecule has 3 aromatic heterocycles. The van der Waals surface area contributed by atoms with E-state index >= 15 is 0 Å². The van der Waals surface area contributed by atoms with Crippen LogP contribution in [0.15, 0.2) is 23.4 Å². The molecule has 1 atom stereocenters. The molecule has 0 radical (unpaired) electrons. The third kappa shape index (κ3) is 3.11. The molecule has 4 rings (SSSR count). The predicted octanol–water partition coefficient (Wildman–Crippen LogP) is 2.55. The van der Waals surface area contributed by atoms with Crippen LogP contribution in [0, 0.1) is 11.3 Å². The van der Waals surface area contributed by atoms with Crippen LogP contribution in [-0.2, 0) is 18.8 Å². The fourth-order valence-electron chi connectivity index (χ4n) is 3.50. The van der Waals surface area contributed by atoms with E-state index in [1.165, 1.54) is 4.57 Å². The minimum Gasteiger partial charge on any atom is -0.371 e. The fourth-order valence-corrected chi connectivity index (χ4v) is 3.50. The molecule has 0 amide bonds. The van der Waals surface area contributed by atoms with Crippen LogP contribution in [-0.4, -0.2) is 35.6 Å². The zero-order valence-corrected chi connectivity index (χ0v) is 16.0. The minimum atomic E-state index is -5.51. The van der Waals surface area contributed by atoms with Crippen LogP contribution < -0.4 is 5.56 Å². The lowest BCUT2D eigenvalue weighted by molar-refractivity contribution is -0.250. The van der Waals surface area contributed by atoms with E-state index in [0.29, 0.717) is 17.5 Å². The van der Waals surface area contributed by atoms with E-state index in [1.54, 1.807) is 0 Å². The first-order chi connectivity index (χ1) is 14.8. The van der Waals surface area contributed by atoms with Gasteiger partial charge in [0.05, 0.1) is 11.9 Å². The van der Waals surface area contributed by atoms with Crippen LogP contribution in [0.4, 0.5) is 26.3 Å². The van der Waals surface area contributed by atoms with Gasteiger partial charge in [0.1, 0.15) is 17.3 Å². The van der Waals surface area contributed by atoms with Crippen molar-refractivity contribution in [2.24, 2.45) is 7.05 Å². The Morgan fingerprint density at radius 2 is 1.81 bits per heavy atom. The molecule has 0 bridgehead atoms. The maximum atomic E-state index is 14.2. The van der Waals surface area contributed by atoms with Gasteiger partial charge in [-0.3, -0.25) is 19.0 Å². The molecule has 0 saturated heterocycles. The standard InChI is InChI=1S/C18H12F6N6O2/c1-29-14(11-12(28-29)15(31)30(7-27-11)10-2-3-10)16(32,18(22,23)24)9-4-8(5-25)13(26-6-9)17(19,20)21/h4,6-7,10,32H,2-3H2,1H3. The van der Waals surface area contributed by atoms with Crippen LogP contribution in [0.3, 0.4) is 0 Å². The second-order valence-corrected chi connectivity index (χ2v) is 7.30. The van der Waals surface area contributed by atoms with Gasteiger partial charge in [0.25, 0.3) is 5.56 Å². The molecule has 8 nitrogen and oxygen atoms in total. The van der Waals surface area contributed by atoms with E-state index in [1.807, 2.05) is 0 Å². The van der Waals surface area contributed by atoms with Gasteiger partial charge in [-0.05, 0) is 18.9 Å². The van der Waals surface area contributed by atoms with Gasteiger partial charge >= 0.3 is 12.4 Å². The molecule has 1 unspecified atom stereocenters. The number of aliphatic hydroxyl groups is 1. The summed E-state index contributed by atoms with van der Waals surface area (Å²) < 4.78 is 83.6. The number of nitrogens with zero attached hydrogens (tertiary/aromatic N) is 6. The summed E-state index contributed by atoms with van der Waals surface area (Å²) in [5.74, 6) is 0. The number of rotatable bonds is 3. The summed E-state index contributed by atoms with van der Waals surface area (Å²) in [4.78, 5) is 19.5. The highest BCUT2D eigenvalue weighted by atomic mass is 19.4. The van der Waals surface area contributed by atoms with E-state index in [9.17, 15) is 36.2 Å². The Balaban J connectivity index is 2.01. The van der Waals surface area contributed by atoms with Crippen molar-refractivity contribution < 1.29 is 31.4 Å². The number of aromatic nitrogens is 5. The number of hydrogen-bond acceptors (Lipinski definition) is 6. The highest BCUT2D eigenvalue weighted by Crippen LogP contribution is 2.46. The zero-order valence-electron chi connectivity index (χ0n) is 16.0. The maximum Gasteiger partial charge on any atom is 0.434 e. The molecule has 0 spiro atoms. The first-order valence-electron chi connectivity index (χ1n) is 9.02. The Morgan fingerprint density at radius 1 is 1.16 bits per heavy atom. The highest BCUT2D eigenvalue weighted by Gasteiger charge is 2.60. The highest BCUT2D eigenvalue weighted by molar-refractivity contribution is 5.78. The van der Waals surface area contributed by atoms with Gasteiger partial charge in [-0.25, -0.2) is 4.98 Å². The van der Waals surface area contributed by atoms with Crippen molar-refractivity contribution >= 4 is 11.0 Å². The average Bonchev–Trinajstić information content (AvgIpc) is 3.47. The van der Waals surface area contributed by atoms with Crippen LogP contribution >= 0.6 is 0 Å². The SMILES string of the molecule is Cn1nc2c(=O)n(C3CC3)cnc2c1C(O)(c1cnc(C(F)(F)F)c(C#N)c1)C(F)(F)F. The van der Waals surface area contributed by atoms with Gasteiger partial charge in [-0.15, -0.1) is 0 Å². The summed E-state index contributed by atoms with van der Waals surface area (Å²) in [6.45, 7) is 0. The summed E-state index contributed by atoms with van der Waals surface area (Å²) in [5, 5.41) is 23.7. The molecule has 168 valence electrons. The minimum absolute atomic E-state index is 0.149. The normalized spacial score (nSPS) is 16.7. The molecule has 0 aromatic carbocycles. The summed E-state index contributed by atoms with van der Waals surface area (Å²) in [7, 11) is 1.03. The number of aryl methyl sites for hydroxylation is 1. The van der Waals surface area contributed by atoms with E-state index < -0.39 is 57.1 Å². The Hall–Kier alpha value is -3.47. The quantitative estimate of drug-likeness (QED) is 0.605. The largest absolute Gasteiger partial charge is 0.434 e. The van der Waals surface area contributed by atoms with Crippen molar-refractivity contribution in [3.8, 4) is 6.07 Å². The first-order valence-corrected chi connectivity index (χ1v) is 9.02. The van der Waals surface area contributed by atoms with Crippen LogP contribution in [0.1, 0.15) is 41.4 Å². The third-order valence-corrected chi connectivity index (χ3v) is 5.16. The smallest absolute Gasteiger partial charge is 0.371 e. The van der Waals surface area contributed by atoms with E-state index in [0.717, 1.165) is 19.4 Å². The Morgan fingerprint density at radius 3 is 2.34 bits per heavy atom. The van der Waals surface area contributed by atoms with E-state index in [4.69, 9.17) is 5.26 Å². The zero-order chi connectivity index (χ0) is 23.6. The van der Waals surface area contributed by atoms with Gasteiger partial charge in [0, 0.05) is 24.8 Å². The molecule has 3 heterocycles. The molecule has 14 heteroatoms. The van der Waals surface area contributed by atoms with Crippen molar-refractivity contribution in [1.82, 2.24) is 24.3 Å². The molecule has 1 aliphatic rings. The topological polar surface area (TPSA) is 110 Å². The molecule has 3 aromatic rings. The fraction of sp³-hybridized carbons (Fsp3) is 0.389. The Labute approximate surface area is 174 Å². The third-order valence-electron chi connectivity index (χ3n) is 5.16. The number of fused-ring (bicyclic) bond motifs is 1. The van der Waals surface area contributed by atoms with Crippen molar-refractivity contribution in [1.29, 1.82) is 5.26 Å². The van der Waals surface area contributed by atoms with Gasteiger partial charge in [0.15, 0.2) is 11.2 Å². The van der Waals surface area contributed by atoms with Crippen LogP contribution in [0.5, 0.6) is 0 Å². The number of alkyl halides is 6. The van der Waals surface area contributed by atoms with Crippen molar-refractivity contribution in [3.63, 3.8) is 0 Å². The van der Waals surface area contributed by atoms with Crippen molar-refractivity contribution in [2.45, 2.75) is 36.8 Å². The second-order valence-electron chi connectivity index (χ2n) is 7.30. The molecule has 0 aliphatic heterocycles. The summed E-state index contributed by atoms with van der Waals surface area (Å²) >= 11 is 0. The maximum absolute atomic E-state index is 14.2. The van der Waals surface area contributed by atoms with Crippen LogP contribution in [0.2, 0.25) is 0 Å². The second kappa shape index (κ2) is 6.76. The number of pyridine rings is 1. The van der Waals surface area contributed by atoms with Gasteiger partial charge in [-0.2, -0.15) is 36.7 Å². The molecule has 1 aliphatic carbocycles. The molecular formula is C18H12F6N6O2. The molecule has 1 fully saturated rings. The lowest BCUT2D eigenvalue weighted by Crippen LogP contribution is -2.45. The average molecular weight is 458 g/mol. The van der Waals surface area contributed by atoms with E-state index in [2.05, 4.69) is 15.1 Å². The summed E-state index contributed by atoms with van der Waals surface area (Å²) in [6, 6.07) is 1.25. The van der Waals surface area contributed by atoms with Gasteiger partial charge in [-0.1, -0.05) is 0 Å². The van der Waals surface area contributed by atoms with Gasteiger partial charge in [0.2, 0.25) is 5.60 Å². The number of halogens is 6. The molecule has 32 heavy (non-hydrogen) atoms. The van der Waals surface area contributed by atoms with E-state index in [-0.39, 0.29) is 18.3 Å². The lowest BCUT2D eigenvalue weighted by atomic mass is 9.88. The number of hydrogen-bond donors (Lipinski definition) is 1. The Bertz CT molecular complexity index is 1330. The monoisotopic (exact) mass is 458 g/mol. The molecular weight excluding hydrogens is 446 g/mol.